The smallest absolute Gasteiger partial charge is 0.258 e. The predicted octanol–water partition coefficient (Wildman–Crippen LogP) is 1.62. The molecule has 0 fully saturated rings. The van der Waals surface area contributed by atoms with Crippen molar-refractivity contribution in [3.05, 3.63) is 0 Å². The Morgan fingerprint density at radius 1 is 1.13 bits per heavy atom. The first-order valence-corrected chi connectivity index (χ1v) is 7.19. The van der Waals surface area contributed by atoms with Crippen molar-refractivity contribution in [1.82, 2.24) is 0 Å². The molecule has 0 heterocycles. The van der Waals surface area contributed by atoms with Crippen LogP contribution in [-0.4, -0.2) is 38.6 Å². The molecule has 5 nitrogen and oxygen atoms in total. The topological polar surface area (TPSA) is 70.8 Å². The largest absolute Gasteiger partial charge is 0.345 e. The van der Waals surface area contributed by atoms with Gasteiger partial charge in [-0.3, -0.25) is 4.57 Å². The molecular formula is C9H22NO4P. The monoisotopic (exact) mass is 239 g/mol. The van der Waals surface area contributed by atoms with Crippen molar-refractivity contribution in [1.29, 1.82) is 0 Å². The van der Waals surface area contributed by atoms with Crippen molar-refractivity contribution in [3.8, 4) is 0 Å². The maximum absolute atomic E-state index is 12.3. The van der Waals surface area contributed by atoms with Gasteiger partial charge in [-0.25, -0.2) is 0 Å². The lowest BCUT2D eigenvalue weighted by Gasteiger charge is -2.26. The zero-order chi connectivity index (χ0) is 11.7. The zero-order valence-corrected chi connectivity index (χ0v) is 10.7. The molecule has 0 aromatic heterocycles. The summed E-state index contributed by atoms with van der Waals surface area (Å²) >= 11 is 0. The second-order valence-corrected chi connectivity index (χ2v) is 5.45. The molecule has 0 amide bonds. The van der Waals surface area contributed by atoms with E-state index in [4.69, 9.17) is 19.7 Å². The Labute approximate surface area is 91.7 Å². The number of hydrogen-bond acceptors (Lipinski definition) is 5. The standard InChI is InChI=1S/C9H22NO4P/c1-4-12-9(13-5-2)15(11,8-7-10)14-6-3/h9H,4-8,10H2,1-3H3. The van der Waals surface area contributed by atoms with Crippen LogP contribution in [0.2, 0.25) is 0 Å². The molecule has 0 spiro atoms. The Morgan fingerprint density at radius 3 is 2.00 bits per heavy atom. The van der Waals surface area contributed by atoms with E-state index in [-0.39, 0.29) is 6.16 Å². The highest BCUT2D eigenvalue weighted by Crippen LogP contribution is 2.52. The molecule has 0 radical (unpaired) electrons. The maximum atomic E-state index is 12.3. The van der Waals surface area contributed by atoms with Gasteiger partial charge in [-0.2, -0.15) is 0 Å². The van der Waals surface area contributed by atoms with Crippen LogP contribution in [0.5, 0.6) is 0 Å². The molecule has 0 rings (SSSR count). The van der Waals surface area contributed by atoms with Crippen molar-refractivity contribution in [2.45, 2.75) is 26.8 Å². The van der Waals surface area contributed by atoms with Gasteiger partial charge in [0.05, 0.1) is 6.61 Å². The van der Waals surface area contributed by atoms with E-state index < -0.39 is 13.4 Å². The summed E-state index contributed by atoms with van der Waals surface area (Å²) in [4.78, 5) is 0. The van der Waals surface area contributed by atoms with Gasteiger partial charge in [0.25, 0.3) is 7.37 Å². The molecule has 6 heteroatoms. The first-order valence-electron chi connectivity index (χ1n) is 5.31. The van der Waals surface area contributed by atoms with Crippen LogP contribution >= 0.6 is 7.37 Å². The number of nitrogens with two attached hydrogens (primary N) is 1. The summed E-state index contributed by atoms with van der Waals surface area (Å²) in [5.74, 6) is 0. The normalized spacial score (nSPS) is 15.5. The van der Waals surface area contributed by atoms with Gasteiger partial charge in [0.15, 0.2) is 0 Å². The van der Waals surface area contributed by atoms with Gasteiger partial charge in [-0.05, 0) is 20.8 Å². The van der Waals surface area contributed by atoms with Gasteiger partial charge in [-0.15, -0.1) is 0 Å². The Morgan fingerprint density at radius 2 is 1.67 bits per heavy atom. The van der Waals surface area contributed by atoms with Gasteiger partial charge in [-0.1, -0.05) is 0 Å². The van der Waals surface area contributed by atoms with Crippen LogP contribution in [0.15, 0.2) is 0 Å². The van der Waals surface area contributed by atoms with Gasteiger partial charge in [0, 0.05) is 25.9 Å². The van der Waals surface area contributed by atoms with E-state index in [2.05, 4.69) is 0 Å². The fourth-order valence-corrected chi connectivity index (χ4v) is 3.20. The number of hydrogen-bond donors (Lipinski definition) is 1. The predicted molar refractivity (Wildman–Crippen MR) is 60.2 cm³/mol. The molecular weight excluding hydrogens is 217 g/mol. The third-order valence-electron chi connectivity index (χ3n) is 1.73. The molecule has 0 aromatic carbocycles. The number of ether oxygens (including phenoxy) is 2. The Hall–Kier alpha value is 0.0700. The zero-order valence-electron chi connectivity index (χ0n) is 9.77. The van der Waals surface area contributed by atoms with Crippen LogP contribution < -0.4 is 5.73 Å². The Bertz CT molecular complexity index is 185. The van der Waals surface area contributed by atoms with E-state index in [0.29, 0.717) is 26.4 Å². The minimum Gasteiger partial charge on any atom is -0.345 e. The van der Waals surface area contributed by atoms with E-state index in [1.165, 1.54) is 0 Å². The van der Waals surface area contributed by atoms with Crippen molar-refractivity contribution in [2.24, 2.45) is 5.73 Å². The molecule has 92 valence electrons. The van der Waals surface area contributed by atoms with Crippen LogP contribution in [0.3, 0.4) is 0 Å². The summed E-state index contributed by atoms with van der Waals surface area (Å²) in [6.07, 6.45) is 0.283. The van der Waals surface area contributed by atoms with E-state index in [9.17, 15) is 4.57 Å². The van der Waals surface area contributed by atoms with E-state index in [1.807, 2.05) is 13.8 Å². The molecule has 15 heavy (non-hydrogen) atoms. The lowest BCUT2D eigenvalue weighted by atomic mass is 10.8. The van der Waals surface area contributed by atoms with Crippen molar-refractivity contribution in [2.75, 3.05) is 32.5 Å². The fourth-order valence-electron chi connectivity index (χ4n) is 1.19. The molecule has 0 saturated heterocycles. The van der Waals surface area contributed by atoms with Crippen LogP contribution in [-0.2, 0) is 18.6 Å². The maximum Gasteiger partial charge on any atom is 0.258 e. The van der Waals surface area contributed by atoms with Crippen LogP contribution in [0.1, 0.15) is 20.8 Å². The second kappa shape index (κ2) is 8.25. The average molecular weight is 239 g/mol. The van der Waals surface area contributed by atoms with Gasteiger partial charge in [0.1, 0.15) is 0 Å². The number of rotatable bonds is 9. The molecule has 2 N–H and O–H groups in total. The summed E-state index contributed by atoms with van der Waals surface area (Å²) in [5, 5.41) is 0. The van der Waals surface area contributed by atoms with Crippen LogP contribution in [0.25, 0.3) is 0 Å². The molecule has 1 atom stereocenters. The van der Waals surface area contributed by atoms with E-state index in [1.54, 1.807) is 6.92 Å². The van der Waals surface area contributed by atoms with Gasteiger partial charge in [0.2, 0.25) is 6.03 Å². The lowest BCUT2D eigenvalue weighted by Crippen LogP contribution is -2.23. The minimum atomic E-state index is -2.93. The lowest BCUT2D eigenvalue weighted by molar-refractivity contribution is -0.0888. The van der Waals surface area contributed by atoms with E-state index >= 15 is 0 Å². The summed E-state index contributed by atoms with van der Waals surface area (Å²) in [6.45, 7) is 6.98. The second-order valence-electron chi connectivity index (χ2n) is 2.87. The molecule has 0 saturated carbocycles. The molecule has 0 aliphatic carbocycles. The first-order chi connectivity index (χ1) is 7.14. The van der Waals surface area contributed by atoms with Crippen LogP contribution in [0.4, 0.5) is 0 Å². The highest BCUT2D eigenvalue weighted by Gasteiger charge is 2.34. The molecule has 0 bridgehead atoms. The molecule has 0 aromatic rings. The van der Waals surface area contributed by atoms with E-state index in [0.717, 1.165) is 0 Å². The summed E-state index contributed by atoms with van der Waals surface area (Å²) in [7, 11) is -2.93. The SMILES string of the molecule is CCOC(OCC)P(=O)(CCN)OCC. The van der Waals surface area contributed by atoms with Crippen LogP contribution in [0, 0.1) is 0 Å². The molecule has 1 unspecified atom stereocenters. The third-order valence-corrected chi connectivity index (χ3v) is 4.25. The highest BCUT2D eigenvalue weighted by molar-refractivity contribution is 7.59. The first kappa shape index (κ1) is 15.1. The molecule has 0 aliphatic rings. The Balaban J connectivity index is 4.56. The summed E-state index contributed by atoms with van der Waals surface area (Å²) < 4.78 is 28.2. The van der Waals surface area contributed by atoms with Crippen molar-refractivity contribution >= 4 is 7.37 Å². The Kier molecular flexibility index (Phi) is 8.29. The van der Waals surface area contributed by atoms with Gasteiger partial charge < -0.3 is 19.7 Å². The van der Waals surface area contributed by atoms with Crippen molar-refractivity contribution < 1.29 is 18.6 Å². The highest BCUT2D eigenvalue weighted by atomic mass is 31.2. The minimum absolute atomic E-state index is 0.283. The average Bonchev–Trinajstić information content (AvgIpc) is 2.18. The quantitative estimate of drug-likeness (QED) is 0.489. The molecule has 0 aliphatic heterocycles. The summed E-state index contributed by atoms with van der Waals surface area (Å²) in [6, 6.07) is -0.781. The van der Waals surface area contributed by atoms with Gasteiger partial charge >= 0.3 is 0 Å². The fraction of sp³-hybridized carbons (Fsp3) is 1.00. The summed E-state index contributed by atoms with van der Waals surface area (Å²) in [5.41, 5.74) is 5.41. The van der Waals surface area contributed by atoms with Crippen molar-refractivity contribution in [3.63, 3.8) is 0 Å². The third kappa shape index (κ3) is 5.09.